The van der Waals surface area contributed by atoms with E-state index in [4.69, 9.17) is 14.5 Å². The SMILES string of the molecule is CCOc1cc2ccccc2c2c1OC1(C=N2)N(C)c2ccc(C(F)(F)F)cc2C1(C)C. The number of fused-ring (bicyclic) bond motifs is 4. The first kappa shape index (κ1) is 20.7. The third-order valence-electron chi connectivity index (χ3n) is 6.62. The maximum Gasteiger partial charge on any atom is 0.416 e. The van der Waals surface area contributed by atoms with Gasteiger partial charge in [-0.1, -0.05) is 24.3 Å². The molecule has 0 amide bonds. The van der Waals surface area contributed by atoms with Gasteiger partial charge in [0.25, 0.3) is 0 Å². The molecule has 0 fully saturated rings. The average Bonchev–Trinajstić information content (AvgIpc) is 2.91. The molecular formula is C25H23F3N2O2. The second-order valence-electron chi connectivity index (χ2n) is 8.68. The van der Waals surface area contributed by atoms with E-state index in [0.717, 1.165) is 16.8 Å². The van der Waals surface area contributed by atoms with Crippen LogP contribution in [0, 0.1) is 0 Å². The first-order valence-electron chi connectivity index (χ1n) is 10.5. The van der Waals surface area contributed by atoms with E-state index in [2.05, 4.69) is 0 Å². The molecule has 0 N–H and O–H groups in total. The van der Waals surface area contributed by atoms with Crippen molar-refractivity contribution in [2.75, 3.05) is 18.6 Å². The zero-order valence-electron chi connectivity index (χ0n) is 18.2. The first-order valence-corrected chi connectivity index (χ1v) is 10.5. The molecule has 166 valence electrons. The van der Waals surface area contributed by atoms with Crippen molar-refractivity contribution in [2.24, 2.45) is 4.99 Å². The van der Waals surface area contributed by atoms with Gasteiger partial charge in [0.05, 0.1) is 23.8 Å². The van der Waals surface area contributed by atoms with Crippen LogP contribution in [-0.4, -0.2) is 25.6 Å². The Labute approximate surface area is 184 Å². The smallest absolute Gasteiger partial charge is 0.416 e. The summed E-state index contributed by atoms with van der Waals surface area (Å²) in [5.41, 5.74) is -0.715. The number of rotatable bonds is 2. The van der Waals surface area contributed by atoms with E-state index < -0.39 is 22.9 Å². The summed E-state index contributed by atoms with van der Waals surface area (Å²) in [4.78, 5) is 6.67. The van der Waals surface area contributed by atoms with Gasteiger partial charge in [0, 0.05) is 18.1 Å². The summed E-state index contributed by atoms with van der Waals surface area (Å²) in [7, 11) is 1.82. The summed E-state index contributed by atoms with van der Waals surface area (Å²) >= 11 is 0. The lowest BCUT2D eigenvalue weighted by Gasteiger charge is -2.45. The lowest BCUT2D eigenvalue weighted by Crippen LogP contribution is -2.61. The Morgan fingerprint density at radius 1 is 1.09 bits per heavy atom. The number of anilines is 1. The van der Waals surface area contributed by atoms with Crippen LogP contribution in [0.2, 0.25) is 0 Å². The van der Waals surface area contributed by atoms with Crippen LogP contribution in [0.3, 0.4) is 0 Å². The lowest BCUT2D eigenvalue weighted by atomic mass is 9.77. The zero-order valence-corrected chi connectivity index (χ0v) is 18.2. The molecule has 4 nitrogen and oxygen atoms in total. The van der Waals surface area contributed by atoms with Crippen LogP contribution in [-0.2, 0) is 11.6 Å². The van der Waals surface area contributed by atoms with Crippen LogP contribution < -0.4 is 14.4 Å². The second-order valence-corrected chi connectivity index (χ2v) is 8.68. The van der Waals surface area contributed by atoms with Crippen LogP contribution in [0.25, 0.3) is 10.8 Å². The van der Waals surface area contributed by atoms with Gasteiger partial charge in [-0.05, 0) is 56.0 Å². The van der Waals surface area contributed by atoms with E-state index in [1.165, 1.54) is 12.1 Å². The summed E-state index contributed by atoms with van der Waals surface area (Å²) in [6.07, 6.45) is -2.71. The van der Waals surface area contributed by atoms with Gasteiger partial charge in [-0.3, -0.25) is 4.99 Å². The highest BCUT2D eigenvalue weighted by Gasteiger charge is 2.59. The number of ether oxygens (including phenoxy) is 2. The van der Waals surface area contributed by atoms with Crippen molar-refractivity contribution < 1.29 is 22.6 Å². The predicted molar refractivity (Wildman–Crippen MR) is 120 cm³/mol. The fourth-order valence-corrected chi connectivity index (χ4v) is 4.85. The largest absolute Gasteiger partial charge is 0.490 e. The molecule has 0 saturated heterocycles. The van der Waals surface area contributed by atoms with E-state index in [9.17, 15) is 13.2 Å². The zero-order chi connectivity index (χ0) is 22.9. The Balaban J connectivity index is 1.70. The number of aliphatic imine (C=N–C) groups is 1. The van der Waals surface area contributed by atoms with E-state index >= 15 is 0 Å². The molecule has 1 unspecified atom stereocenters. The lowest BCUT2D eigenvalue weighted by molar-refractivity contribution is -0.137. The predicted octanol–water partition coefficient (Wildman–Crippen LogP) is 6.48. The Hall–Kier alpha value is -3.22. The second kappa shape index (κ2) is 6.64. The molecule has 0 saturated carbocycles. The minimum Gasteiger partial charge on any atom is -0.490 e. The maximum atomic E-state index is 13.4. The van der Waals surface area contributed by atoms with Gasteiger partial charge in [0.1, 0.15) is 5.69 Å². The molecule has 2 aliphatic rings. The highest BCUT2D eigenvalue weighted by atomic mass is 19.4. The molecule has 3 aromatic rings. The van der Waals surface area contributed by atoms with Crippen LogP contribution in [0.4, 0.5) is 24.5 Å². The average molecular weight is 440 g/mol. The van der Waals surface area contributed by atoms with Crippen molar-refractivity contribution in [2.45, 2.75) is 38.1 Å². The fraction of sp³-hybridized carbons (Fsp3) is 0.320. The van der Waals surface area contributed by atoms with Gasteiger partial charge in [0.2, 0.25) is 5.72 Å². The Kier molecular flexibility index (Phi) is 4.29. The van der Waals surface area contributed by atoms with Crippen LogP contribution in [0.5, 0.6) is 11.5 Å². The molecule has 0 aromatic heterocycles. The van der Waals surface area contributed by atoms with Gasteiger partial charge in [-0.2, -0.15) is 13.2 Å². The van der Waals surface area contributed by atoms with Gasteiger partial charge in [-0.25, -0.2) is 0 Å². The number of hydrogen-bond donors (Lipinski definition) is 0. The number of likely N-dealkylation sites (N-methyl/N-ethyl adjacent to an activating group) is 1. The number of benzene rings is 3. The molecule has 7 heteroatoms. The topological polar surface area (TPSA) is 34.1 Å². The van der Waals surface area contributed by atoms with E-state index in [0.29, 0.717) is 35.0 Å². The number of halogens is 3. The fourth-order valence-electron chi connectivity index (χ4n) is 4.85. The van der Waals surface area contributed by atoms with Gasteiger partial charge in [-0.15, -0.1) is 0 Å². The first-order chi connectivity index (χ1) is 15.1. The molecule has 5 rings (SSSR count). The molecule has 2 aliphatic heterocycles. The number of nitrogens with zero attached hydrogens (tertiary/aromatic N) is 2. The highest BCUT2D eigenvalue weighted by molar-refractivity contribution is 6.01. The Bertz CT molecular complexity index is 1270. The summed E-state index contributed by atoms with van der Waals surface area (Å²) in [5, 5.41) is 1.90. The number of hydrogen-bond acceptors (Lipinski definition) is 4. The summed E-state index contributed by atoms with van der Waals surface area (Å²) in [5.74, 6) is 1.06. The minimum atomic E-state index is -4.42. The molecular weight excluding hydrogens is 417 g/mol. The van der Waals surface area contributed by atoms with Crippen molar-refractivity contribution in [1.82, 2.24) is 0 Å². The molecule has 3 aromatic carbocycles. The minimum absolute atomic E-state index is 0.444. The van der Waals surface area contributed by atoms with Gasteiger partial charge < -0.3 is 14.4 Å². The van der Waals surface area contributed by atoms with Gasteiger partial charge in [0.15, 0.2) is 11.5 Å². The molecule has 0 radical (unpaired) electrons. The van der Waals surface area contributed by atoms with E-state index in [-0.39, 0.29) is 0 Å². The molecule has 1 atom stereocenters. The maximum absolute atomic E-state index is 13.4. The quantitative estimate of drug-likeness (QED) is 0.458. The van der Waals surface area contributed by atoms with Crippen molar-refractivity contribution >= 4 is 28.4 Å². The van der Waals surface area contributed by atoms with Crippen LogP contribution >= 0.6 is 0 Å². The van der Waals surface area contributed by atoms with E-state index in [1.807, 2.05) is 63.1 Å². The van der Waals surface area contributed by atoms with Crippen molar-refractivity contribution in [1.29, 1.82) is 0 Å². The Morgan fingerprint density at radius 3 is 2.56 bits per heavy atom. The molecule has 0 bridgehead atoms. The molecule has 1 spiro atoms. The monoisotopic (exact) mass is 440 g/mol. The third kappa shape index (κ3) is 2.66. The van der Waals surface area contributed by atoms with Crippen molar-refractivity contribution in [3.05, 3.63) is 59.7 Å². The summed E-state index contributed by atoms with van der Waals surface area (Å²) in [6, 6.07) is 13.6. The molecule has 0 aliphatic carbocycles. The summed E-state index contributed by atoms with van der Waals surface area (Å²) in [6.45, 7) is 6.10. The van der Waals surface area contributed by atoms with E-state index in [1.54, 1.807) is 6.21 Å². The van der Waals surface area contributed by atoms with Crippen LogP contribution in [0.15, 0.2) is 53.5 Å². The Morgan fingerprint density at radius 2 is 1.84 bits per heavy atom. The molecule has 32 heavy (non-hydrogen) atoms. The normalized spacial score (nSPS) is 20.9. The highest BCUT2D eigenvalue weighted by Crippen LogP contribution is 2.56. The summed E-state index contributed by atoms with van der Waals surface area (Å²) < 4.78 is 52.9. The third-order valence-corrected chi connectivity index (χ3v) is 6.62. The van der Waals surface area contributed by atoms with Crippen LogP contribution in [0.1, 0.15) is 31.9 Å². The standard InChI is InChI=1S/C25H23F3N2O2/c1-5-31-20-12-15-8-6-7-9-17(15)21-22(20)32-24(14-29-21)23(2,3)18-13-16(25(26,27)28)10-11-19(18)30(24)4/h6-14H,5H2,1-4H3. The molecule has 2 heterocycles. The van der Waals surface area contributed by atoms with Crippen molar-refractivity contribution in [3.63, 3.8) is 0 Å². The number of alkyl halides is 3. The van der Waals surface area contributed by atoms with Gasteiger partial charge >= 0.3 is 6.18 Å². The van der Waals surface area contributed by atoms with Crippen molar-refractivity contribution in [3.8, 4) is 11.5 Å².